The molecule has 0 heterocycles. The van der Waals surface area contributed by atoms with Crippen molar-refractivity contribution in [3.63, 3.8) is 0 Å². The highest BCUT2D eigenvalue weighted by atomic mass is 16.2. The molecule has 2 bridgehead atoms. The van der Waals surface area contributed by atoms with Gasteiger partial charge in [-0.2, -0.15) is 0 Å². The molecule has 1 aromatic carbocycles. The summed E-state index contributed by atoms with van der Waals surface area (Å²) in [7, 11) is 0. The van der Waals surface area contributed by atoms with Gasteiger partial charge in [0.15, 0.2) is 0 Å². The molecule has 1 amide bonds. The molecule has 0 aliphatic heterocycles. The minimum atomic E-state index is -0.322. The molecule has 0 radical (unpaired) electrons. The molecule has 2 saturated carbocycles. The Morgan fingerprint density at radius 1 is 1.33 bits per heavy atom. The summed E-state index contributed by atoms with van der Waals surface area (Å²) in [4.78, 5) is 12.9. The number of carbonyl (C=O) groups excluding carboxylic acids is 1. The molecule has 21 heavy (non-hydrogen) atoms. The smallest absolute Gasteiger partial charge is 0.230 e. The van der Waals surface area contributed by atoms with Crippen molar-refractivity contribution in [3.8, 4) is 0 Å². The van der Waals surface area contributed by atoms with Gasteiger partial charge in [-0.3, -0.25) is 4.79 Å². The van der Waals surface area contributed by atoms with Gasteiger partial charge in [-0.05, 0) is 43.1 Å². The highest BCUT2D eigenvalue weighted by Gasteiger charge is 2.60. The number of rotatable bonds is 3. The molecule has 2 aliphatic carbocycles. The number of amides is 1. The predicted molar refractivity (Wildman–Crippen MR) is 85.7 cm³/mol. The fourth-order valence-electron chi connectivity index (χ4n) is 4.30. The second-order valence-corrected chi connectivity index (χ2v) is 7.33. The average molecular weight is 283 g/mol. The molecule has 0 saturated heterocycles. The lowest BCUT2D eigenvalue weighted by atomic mass is 9.68. The third-order valence-corrected chi connectivity index (χ3v) is 5.97. The Hall–Kier alpha value is -1.57. The van der Waals surface area contributed by atoms with Crippen LogP contribution in [0.1, 0.15) is 51.6 Å². The second-order valence-electron chi connectivity index (χ2n) is 7.33. The Bertz CT molecular complexity index is 574. The molecule has 0 spiro atoms. The van der Waals surface area contributed by atoms with E-state index in [2.05, 4.69) is 44.8 Å². The van der Waals surface area contributed by atoms with Crippen LogP contribution >= 0.6 is 0 Å². The molecule has 2 aliphatic rings. The van der Waals surface area contributed by atoms with Crippen LogP contribution in [0.4, 0.5) is 0 Å². The van der Waals surface area contributed by atoms with Crippen LogP contribution in [-0.2, 0) is 4.79 Å². The van der Waals surface area contributed by atoms with Crippen LogP contribution in [0.2, 0.25) is 0 Å². The number of hydrogen-bond acceptors (Lipinski definition) is 1. The normalized spacial score (nSPS) is 31.2. The largest absolute Gasteiger partial charge is 0.349 e. The third kappa shape index (κ3) is 2.04. The first-order valence-electron chi connectivity index (χ1n) is 7.94. The summed E-state index contributed by atoms with van der Waals surface area (Å²) < 4.78 is 0. The zero-order chi connectivity index (χ0) is 15.3. The first-order chi connectivity index (χ1) is 9.88. The predicted octanol–water partition coefficient (Wildman–Crippen LogP) is 4.25. The van der Waals surface area contributed by atoms with Crippen molar-refractivity contribution in [3.05, 3.63) is 48.0 Å². The first-order valence-corrected chi connectivity index (χ1v) is 7.94. The summed E-state index contributed by atoms with van der Waals surface area (Å²) in [5, 5.41) is 3.22. The molecule has 0 unspecified atom stereocenters. The Morgan fingerprint density at radius 2 is 2.00 bits per heavy atom. The SMILES string of the molecule is C=C1C(C)(C)[C@H]2CC[C@]1(C(=O)N[C@@H](C)c1ccccc1)C2. The van der Waals surface area contributed by atoms with Crippen molar-refractivity contribution < 1.29 is 4.79 Å². The van der Waals surface area contributed by atoms with Crippen LogP contribution in [0.15, 0.2) is 42.5 Å². The van der Waals surface area contributed by atoms with Crippen molar-refractivity contribution >= 4 is 5.91 Å². The van der Waals surface area contributed by atoms with E-state index in [9.17, 15) is 4.79 Å². The Labute approximate surface area is 127 Å². The van der Waals surface area contributed by atoms with Crippen molar-refractivity contribution in [2.24, 2.45) is 16.7 Å². The minimum absolute atomic E-state index is 0.0450. The van der Waals surface area contributed by atoms with Crippen molar-refractivity contribution in [1.29, 1.82) is 0 Å². The van der Waals surface area contributed by atoms with Gasteiger partial charge in [0.25, 0.3) is 0 Å². The average Bonchev–Trinajstić information content (AvgIpc) is 3.00. The maximum absolute atomic E-state index is 12.9. The number of carbonyl (C=O) groups is 1. The van der Waals surface area contributed by atoms with Crippen LogP contribution in [0.25, 0.3) is 0 Å². The van der Waals surface area contributed by atoms with Gasteiger partial charge in [0.1, 0.15) is 0 Å². The Balaban J connectivity index is 1.79. The summed E-state index contributed by atoms with van der Waals surface area (Å²) in [6.07, 6.45) is 3.10. The maximum atomic E-state index is 12.9. The van der Waals surface area contributed by atoms with Gasteiger partial charge < -0.3 is 5.32 Å². The standard InChI is InChI=1S/C19H25NO/c1-13(15-8-6-5-7-9-15)20-17(21)19-11-10-16(12-19)18(3,4)14(19)2/h5-9,13,16H,2,10-12H2,1,3-4H3,(H,20,21)/t13-,16-,19-/m0/s1. The second kappa shape index (κ2) is 4.72. The van der Waals surface area contributed by atoms with Crippen LogP contribution < -0.4 is 5.32 Å². The number of fused-ring (bicyclic) bond motifs is 2. The lowest BCUT2D eigenvalue weighted by molar-refractivity contribution is -0.129. The van der Waals surface area contributed by atoms with Crippen LogP contribution in [0, 0.1) is 16.7 Å². The zero-order valence-electron chi connectivity index (χ0n) is 13.3. The Morgan fingerprint density at radius 3 is 2.57 bits per heavy atom. The highest BCUT2D eigenvalue weighted by Crippen LogP contribution is 2.65. The minimum Gasteiger partial charge on any atom is -0.349 e. The van der Waals surface area contributed by atoms with Crippen LogP contribution in [0.5, 0.6) is 0 Å². The van der Waals surface area contributed by atoms with E-state index in [0.29, 0.717) is 5.92 Å². The topological polar surface area (TPSA) is 29.1 Å². The van der Waals surface area contributed by atoms with Gasteiger partial charge >= 0.3 is 0 Å². The molecule has 0 aromatic heterocycles. The number of nitrogens with one attached hydrogen (secondary N) is 1. The summed E-state index contributed by atoms with van der Waals surface area (Å²) in [6, 6.07) is 10.2. The van der Waals surface area contributed by atoms with E-state index < -0.39 is 0 Å². The fourth-order valence-corrected chi connectivity index (χ4v) is 4.30. The van der Waals surface area contributed by atoms with Crippen molar-refractivity contribution in [2.75, 3.05) is 0 Å². The van der Waals surface area contributed by atoms with E-state index in [-0.39, 0.29) is 22.8 Å². The number of benzene rings is 1. The van der Waals surface area contributed by atoms with E-state index in [0.717, 1.165) is 30.4 Å². The molecule has 1 N–H and O–H groups in total. The lowest BCUT2D eigenvalue weighted by Crippen LogP contribution is -2.42. The van der Waals surface area contributed by atoms with Crippen LogP contribution in [0.3, 0.4) is 0 Å². The molecular formula is C19H25NO. The summed E-state index contributed by atoms with van der Waals surface area (Å²) >= 11 is 0. The summed E-state index contributed by atoms with van der Waals surface area (Å²) in [5.41, 5.74) is 2.08. The summed E-state index contributed by atoms with van der Waals surface area (Å²) in [6.45, 7) is 10.8. The molecule has 2 fully saturated rings. The zero-order valence-corrected chi connectivity index (χ0v) is 13.3. The van der Waals surface area contributed by atoms with Gasteiger partial charge in [0.05, 0.1) is 11.5 Å². The monoisotopic (exact) mass is 283 g/mol. The molecule has 2 nitrogen and oxygen atoms in total. The molecule has 2 heteroatoms. The molecular weight excluding hydrogens is 258 g/mol. The number of hydrogen-bond donors (Lipinski definition) is 1. The first kappa shape index (κ1) is 14.4. The molecule has 3 rings (SSSR count). The fraction of sp³-hybridized carbons (Fsp3) is 0.526. The van der Waals surface area contributed by atoms with E-state index in [1.165, 1.54) is 0 Å². The van der Waals surface area contributed by atoms with Crippen LogP contribution in [-0.4, -0.2) is 5.91 Å². The lowest BCUT2D eigenvalue weighted by Gasteiger charge is -2.37. The van der Waals surface area contributed by atoms with E-state index in [4.69, 9.17) is 0 Å². The van der Waals surface area contributed by atoms with Crippen molar-refractivity contribution in [2.45, 2.75) is 46.1 Å². The van der Waals surface area contributed by atoms with Gasteiger partial charge in [-0.25, -0.2) is 0 Å². The van der Waals surface area contributed by atoms with Gasteiger partial charge in [-0.1, -0.05) is 56.3 Å². The molecule has 112 valence electrons. The van der Waals surface area contributed by atoms with Crippen molar-refractivity contribution in [1.82, 2.24) is 5.32 Å². The van der Waals surface area contributed by atoms with Gasteiger partial charge in [0.2, 0.25) is 5.91 Å². The van der Waals surface area contributed by atoms with E-state index in [1.54, 1.807) is 0 Å². The maximum Gasteiger partial charge on any atom is 0.230 e. The molecule has 1 aromatic rings. The third-order valence-electron chi connectivity index (χ3n) is 5.97. The highest BCUT2D eigenvalue weighted by molar-refractivity contribution is 5.87. The summed E-state index contributed by atoms with van der Waals surface area (Å²) in [5.74, 6) is 0.791. The van der Waals surface area contributed by atoms with Gasteiger partial charge in [0, 0.05) is 0 Å². The molecule has 3 atom stereocenters. The van der Waals surface area contributed by atoms with E-state index >= 15 is 0 Å². The van der Waals surface area contributed by atoms with E-state index in [1.807, 2.05) is 18.2 Å². The quantitative estimate of drug-likeness (QED) is 0.826. The van der Waals surface area contributed by atoms with Gasteiger partial charge in [-0.15, -0.1) is 0 Å². The Kier molecular flexibility index (Phi) is 3.23.